The molecule has 0 spiro atoms. The summed E-state index contributed by atoms with van der Waals surface area (Å²) >= 11 is 0. The number of allylic oxidation sites excluding steroid dienone is 1. The molecule has 0 radical (unpaired) electrons. The minimum atomic E-state index is 0.581. The Morgan fingerprint density at radius 2 is 1.96 bits per heavy atom. The number of benzene rings is 1. The van der Waals surface area contributed by atoms with E-state index >= 15 is 0 Å². The van der Waals surface area contributed by atoms with Gasteiger partial charge in [0, 0.05) is 5.70 Å². The Bertz CT molecular complexity index is 688. The first-order chi connectivity index (χ1) is 11.9. The van der Waals surface area contributed by atoms with Crippen molar-refractivity contribution in [1.29, 1.82) is 0 Å². The molecule has 0 saturated heterocycles. The number of nitrogens with two attached hydrogens (primary N) is 1. The summed E-state index contributed by atoms with van der Waals surface area (Å²) in [5.41, 5.74) is 13.7. The zero-order chi connectivity index (χ0) is 17.8. The van der Waals surface area contributed by atoms with Gasteiger partial charge in [0.2, 0.25) is 0 Å². The fraction of sp³-hybridized carbons (Fsp3) is 0.667. The first-order valence-electron chi connectivity index (χ1n) is 10.4. The topological polar surface area (TPSA) is 26.0 Å². The lowest BCUT2D eigenvalue weighted by Gasteiger charge is -2.51. The second kappa shape index (κ2) is 6.18. The van der Waals surface area contributed by atoms with Crippen molar-refractivity contribution >= 4 is 0 Å². The maximum absolute atomic E-state index is 5.91. The third kappa shape index (κ3) is 2.84. The van der Waals surface area contributed by atoms with Crippen LogP contribution in [-0.4, -0.2) is 0 Å². The van der Waals surface area contributed by atoms with Crippen molar-refractivity contribution in [1.82, 2.24) is 0 Å². The van der Waals surface area contributed by atoms with Gasteiger partial charge in [0.15, 0.2) is 0 Å². The Morgan fingerprint density at radius 1 is 1.20 bits per heavy atom. The Balaban J connectivity index is 1.66. The van der Waals surface area contributed by atoms with Gasteiger partial charge in [-0.15, -0.1) is 0 Å². The third-order valence-electron chi connectivity index (χ3n) is 8.02. The normalized spacial score (nSPS) is 36.4. The smallest absolute Gasteiger partial charge is 0.000754 e. The predicted octanol–water partition coefficient (Wildman–Crippen LogP) is 6.03. The summed E-state index contributed by atoms with van der Waals surface area (Å²) in [4.78, 5) is 0. The lowest BCUT2D eigenvalue weighted by atomic mass is 9.54. The number of hydrogen-bond donors (Lipinski definition) is 1. The van der Waals surface area contributed by atoms with E-state index in [1.807, 2.05) is 0 Å². The molecule has 25 heavy (non-hydrogen) atoms. The summed E-state index contributed by atoms with van der Waals surface area (Å²) in [5.74, 6) is 3.47. The molecule has 0 heterocycles. The van der Waals surface area contributed by atoms with E-state index in [-0.39, 0.29) is 0 Å². The summed E-state index contributed by atoms with van der Waals surface area (Å²) in [6.07, 6.45) is 10.7. The quantitative estimate of drug-likeness (QED) is 0.716. The number of fused-ring (bicyclic) bond motifs is 5. The van der Waals surface area contributed by atoms with E-state index in [4.69, 9.17) is 5.73 Å². The van der Waals surface area contributed by atoms with E-state index in [9.17, 15) is 0 Å². The second-order valence-electron chi connectivity index (χ2n) is 9.67. The summed E-state index contributed by atoms with van der Waals surface area (Å²) < 4.78 is 0. The molecule has 4 rings (SSSR count). The van der Waals surface area contributed by atoms with Crippen molar-refractivity contribution in [3.63, 3.8) is 0 Å². The molecule has 0 bridgehead atoms. The summed E-state index contributed by atoms with van der Waals surface area (Å²) in [5, 5.41) is 0. The van der Waals surface area contributed by atoms with Gasteiger partial charge in [0.25, 0.3) is 0 Å². The fourth-order valence-electron chi connectivity index (χ4n) is 7.01. The standard InChI is InChI=1S/C24H35N/c1-15-13-16(2)19-7-8-21-20(22(19)14-15)10-12-24(4)11-9-18(23(21)24)6-5-17(3)25/h13-14,18,20-21,23H,3,5-12,25H2,1-2,4H3. The first-order valence-corrected chi connectivity index (χ1v) is 10.4. The van der Waals surface area contributed by atoms with Crippen molar-refractivity contribution in [3.05, 3.63) is 46.7 Å². The summed E-state index contributed by atoms with van der Waals surface area (Å²) in [6.45, 7) is 11.1. The molecule has 1 nitrogen and oxygen atoms in total. The van der Waals surface area contributed by atoms with Crippen LogP contribution in [0.5, 0.6) is 0 Å². The molecule has 3 aliphatic rings. The van der Waals surface area contributed by atoms with E-state index in [1.165, 1.54) is 56.1 Å². The van der Waals surface area contributed by atoms with Crippen LogP contribution in [0.4, 0.5) is 0 Å². The zero-order valence-electron chi connectivity index (χ0n) is 16.4. The Hall–Kier alpha value is -1.24. The van der Waals surface area contributed by atoms with Gasteiger partial charge in [-0.1, -0.05) is 31.2 Å². The highest BCUT2D eigenvalue weighted by molar-refractivity contribution is 5.43. The molecule has 0 amide bonds. The number of hydrogen-bond acceptors (Lipinski definition) is 1. The Kier molecular flexibility index (Phi) is 4.25. The van der Waals surface area contributed by atoms with Gasteiger partial charge in [0.05, 0.1) is 0 Å². The first kappa shape index (κ1) is 17.2. The predicted molar refractivity (Wildman–Crippen MR) is 107 cm³/mol. The highest BCUT2D eigenvalue weighted by Gasteiger charge is 2.53. The van der Waals surface area contributed by atoms with Gasteiger partial charge in [-0.05, 0) is 111 Å². The van der Waals surface area contributed by atoms with Crippen molar-refractivity contribution in [3.8, 4) is 0 Å². The van der Waals surface area contributed by atoms with Gasteiger partial charge in [-0.25, -0.2) is 0 Å². The van der Waals surface area contributed by atoms with Crippen LogP contribution in [0.15, 0.2) is 24.4 Å². The summed E-state index contributed by atoms with van der Waals surface area (Å²) in [6, 6.07) is 4.91. The molecule has 0 aliphatic heterocycles. The minimum Gasteiger partial charge on any atom is -0.403 e. The molecule has 3 aliphatic carbocycles. The maximum Gasteiger partial charge on any atom is 0.000754 e. The molecular formula is C24H35N. The van der Waals surface area contributed by atoms with Crippen LogP contribution in [0.25, 0.3) is 0 Å². The average Bonchev–Trinajstić information content (AvgIpc) is 2.89. The Labute approximate surface area is 154 Å². The lowest BCUT2D eigenvalue weighted by Crippen LogP contribution is -2.42. The molecule has 2 fully saturated rings. The molecule has 1 heteroatoms. The molecule has 1 aromatic carbocycles. The summed E-state index contributed by atoms with van der Waals surface area (Å²) in [7, 11) is 0. The van der Waals surface area contributed by atoms with Gasteiger partial charge < -0.3 is 5.73 Å². The highest BCUT2D eigenvalue weighted by Crippen LogP contribution is 2.63. The molecule has 0 aromatic heterocycles. The van der Waals surface area contributed by atoms with Crippen LogP contribution < -0.4 is 5.73 Å². The molecule has 136 valence electrons. The van der Waals surface area contributed by atoms with Gasteiger partial charge in [-0.3, -0.25) is 0 Å². The van der Waals surface area contributed by atoms with Crippen LogP contribution in [0.2, 0.25) is 0 Å². The van der Waals surface area contributed by atoms with Gasteiger partial charge >= 0.3 is 0 Å². The van der Waals surface area contributed by atoms with E-state index in [0.29, 0.717) is 5.41 Å². The molecular weight excluding hydrogens is 302 g/mol. The fourth-order valence-corrected chi connectivity index (χ4v) is 7.01. The molecule has 5 unspecified atom stereocenters. The van der Waals surface area contributed by atoms with Crippen LogP contribution in [0.3, 0.4) is 0 Å². The average molecular weight is 338 g/mol. The largest absolute Gasteiger partial charge is 0.403 e. The number of rotatable bonds is 3. The van der Waals surface area contributed by atoms with Gasteiger partial charge in [0.1, 0.15) is 0 Å². The molecule has 1 aromatic rings. The monoisotopic (exact) mass is 337 g/mol. The lowest BCUT2D eigenvalue weighted by molar-refractivity contribution is 0.0325. The second-order valence-corrected chi connectivity index (χ2v) is 9.67. The third-order valence-corrected chi connectivity index (χ3v) is 8.02. The van der Waals surface area contributed by atoms with Crippen LogP contribution >= 0.6 is 0 Å². The SMILES string of the molecule is C=C(N)CCC1CCC2(C)CCC3c4cc(C)cc(C)c4CCC3C12. The molecule has 5 atom stereocenters. The van der Waals surface area contributed by atoms with Crippen molar-refractivity contribution < 1.29 is 0 Å². The van der Waals surface area contributed by atoms with E-state index in [1.54, 1.807) is 11.1 Å². The van der Waals surface area contributed by atoms with E-state index in [0.717, 1.165) is 35.8 Å². The van der Waals surface area contributed by atoms with Crippen LogP contribution in [-0.2, 0) is 6.42 Å². The molecule has 2 N–H and O–H groups in total. The van der Waals surface area contributed by atoms with E-state index < -0.39 is 0 Å². The Morgan fingerprint density at radius 3 is 2.72 bits per heavy atom. The number of aryl methyl sites for hydroxylation is 2. The van der Waals surface area contributed by atoms with Crippen LogP contribution in [0, 0.1) is 37.0 Å². The minimum absolute atomic E-state index is 0.581. The van der Waals surface area contributed by atoms with Gasteiger partial charge in [-0.2, -0.15) is 0 Å². The van der Waals surface area contributed by atoms with E-state index in [2.05, 4.69) is 39.5 Å². The van der Waals surface area contributed by atoms with Crippen molar-refractivity contribution in [2.75, 3.05) is 0 Å². The highest BCUT2D eigenvalue weighted by atomic mass is 14.6. The van der Waals surface area contributed by atoms with Crippen molar-refractivity contribution in [2.45, 2.75) is 78.1 Å². The zero-order valence-corrected chi connectivity index (χ0v) is 16.4. The van der Waals surface area contributed by atoms with Crippen molar-refractivity contribution in [2.24, 2.45) is 28.9 Å². The molecule has 2 saturated carbocycles. The maximum atomic E-state index is 5.91. The van der Waals surface area contributed by atoms with Crippen LogP contribution in [0.1, 0.15) is 80.0 Å².